The van der Waals surface area contributed by atoms with Gasteiger partial charge in [-0.1, -0.05) is 6.07 Å². The molecule has 0 bridgehead atoms. The highest BCUT2D eigenvalue weighted by Crippen LogP contribution is 2.19. The third kappa shape index (κ3) is 6.39. The van der Waals surface area contributed by atoms with Crippen molar-refractivity contribution in [3.05, 3.63) is 17.5 Å². The third-order valence-corrected chi connectivity index (χ3v) is 6.62. The van der Waals surface area contributed by atoms with Gasteiger partial charge in [-0.3, -0.25) is 4.99 Å². The predicted molar refractivity (Wildman–Crippen MR) is 99.2 cm³/mol. The van der Waals surface area contributed by atoms with Crippen molar-refractivity contribution < 1.29 is 13.2 Å². The summed E-state index contributed by atoms with van der Waals surface area (Å²) in [5, 5.41) is 8.04. The van der Waals surface area contributed by atoms with Gasteiger partial charge in [-0.15, -0.1) is 11.3 Å². The Hall–Kier alpha value is -1.16. The number of ether oxygens (including phenoxy) is 1. The Labute approximate surface area is 149 Å². The quantitative estimate of drug-likeness (QED) is 0.502. The van der Waals surface area contributed by atoms with Gasteiger partial charge in [0.05, 0.1) is 12.1 Å². The molecule has 0 aromatic carbocycles. The van der Waals surface area contributed by atoms with Crippen LogP contribution in [0, 0.1) is 0 Å². The summed E-state index contributed by atoms with van der Waals surface area (Å²) in [5.74, 6) is 0.643. The molecular weight excluding hydrogens is 348 g/mol. The van der Waals surface area contributed by atoms with Gasteiger partial charge in [0.15, 0.2) is 5.96 Å². The number of hydrogen-bond donors (Lipinski definition) is 2. The molecule has 0 aliphatic rings. The van der Waals surface area contributed by atoms with Crippen LogP contribution < -0.4 is 10.6 Å². The predicted octanol–water partition coefficient (Wildman–Crippen LogP) is 1.35. The highest BCUT2D eigenvalue weighted by molar-refractivity contribution is 7.91. The number of likely N-dealkylation sites (N-methyl/N-ethyl adjacent to an activating group) is 1. The highest BCUT2D eigenvalue weighted by Gasteiger charge is 2.21. The van der Waals surface area contributed by atoms with E-state index in [1.165, 1.54) is 15.6 Å². The number of thiophene rings is 1. The number of methoxy groups -OCH3 is 1. The molecule has 0 saturated heterocycles. The van der Waals surface area contributed by atoms with Gasteiger partial charge in [-0.2, -0.15) is 4.31 Å². The molecule has 0 unspecified atom stereocenters. The summed E-state index contributed by atoms with van der Waals surface area (Å²) in [6.07, 6.45) is 0. The SMILES string of the molecule is CCNC(=NCC(C)(C)OC)NCCN(C)S(=O)(=O)c1cccs1. The fourth-order valence-electron chi connectivity index (χ4n) is 1.69. The second kappa shape index (κ2) is 9.36. The standard InChI is InChI=1S/C15H28N4O3S2/c1-6-16-14(18-12-15(2,3)22-5)17-9-10-19(4)24(20,21)13-8-7-11-23-13/h7-8,11H,6,9-10,12H2,1-5H3,(H2,16,17,18). The van der Waals surface area contributed by atoms with E-state index in [1.54, 1.807) is 31.7 Å². The molecule has 0 aliphatic heterocycles. The van der Waals surface area contributed by atoms with E-state index in [0.717, 1.165) is 6.54 Å². The molecule has 0 atom stereocenters. The number of sulfonamides is 1. The van der Waals surface area contributed by atoms with Crippen molar-refractivity contribution in [2.75, 3.05) is 40.3 Å². The van der Waals surface area contributed by atoms with Crippen molar-refractivity contribution in [1.82, 2.24) is 14.9 Å². The maximum atomic E-state index is 12.3. The Morgan fingerprint density at radius 1 is 1.42 bits per heavy atom. The number of rotatable bonds is 9. The maximum Gasteiger partial charge on any atom is 0.252 e. The second-order valence-electron chi connectivity index (χ2n) is 5.84. The smallest absolute Gasteiger partial charge is 0.252 e. The Balaban J connectivity index is 2.57. The van der Waals surface area contributed by atoms with Gasteiger partial charge in [0.25, 0.3) is 10.0 Å². The van der Waals surface area contributed by atoms with Gasteiger partial charge in [0.1, 0.15) is 4.21 Å². The van der Waals surface area contributed by atoms with Crippen LogP contribution in [0.4, 0.5) is 0 Å². The molecular formula is C15H28N4O3S2. The fraction of sp³-hybridized carbons (Fsp3) is 0.667. The lowest BCUT2D eigenvalue weighted by Crippen LogP contribution is -2.42. The summed E-state index contributed by atoms with van der Waals surface area (Å²) in [4.78, 5) is 4.47. The lowest BCUT2D eigenvalue weighted by atomic mass is 10.1. The molecule has 0 spiro atoms. The lowest BCUT2D eigenvalue weighted by molar-refractivity contribution is 0.0310. The maximum absolute atomic E-state index is 12.3. The van der Waals surface area contributed by atoms with Crippen LogP contribution in [0.2, 0.25) is 0 Å². The van der Waals surface area contributed by atoms with Crippen LogP contribution in [0.15, 0.2) is 26.7 Å². The first-order valence-corrected chi connectivity index (χ1v) is 10.1. The van der Waals surface area contributed by atoms with Crippen LogP contribution in [-0.4, -0.2) is 64.6 Å². The van der Waals surface area contributed by atoms with Gasteiger partial charge < -0.3 is 15.4 Å². The van der Waals surface area contributed by atoms with Gasteiger partial charge in [0.2, 0.25) is 0 Å². The minimum atomic E-state index is -3.41. The summed E-state index contributed by atoms with van der Waals surface area (Å²) in [6.45, 7) is 7.93. The van der Waals surface area contributed by atoms with Crippen LogP contribution in [-0.2, 0) is 14.8 Å². The monoisotopic (exact) mass is 376 g/mol. The van der Waals surface area contributed by atoms with E-state index in [2.05, 4.69) is 15.6 Å². The summed E-state index contributed by atoms with van der Waals surface area (Å²) in [7, 11) is -0.183. The van der Waals surface area contributed by atoms with Crippen LogP contribution >= 0.6 is 11.3 Å². The molecule has 0 fully saturated rings. The summed E-state index contributed by atoms with van der Waals surface area (Å²) < 4.78 is 31.7. The summed E-state index contributed by atoms with van der Waals surface area (Å²) >= 11 is 1.22. The molecule has 0 amide bonds. The van der Waals surface area contributed by atoms with E-state index < -0.39 is 10.0 Å². The molecule has 24 heavy (non-hydrogen) atoms. The molecule has 1 heterocycles. The topological polar surface area (TPSA) is 83.0 Å². The molecule has 1 aromatic rings. The van der Waals surface area contributed by atoms with Crippen molar-refractivity contribution in [3.8, 4) is 0 Å². The molecule has 7 nitrogen and oxygen atoms in total. The average molecular weight is 377 g/mol. The molecule has 1 rings (SSSR count). The van der Waals surface area contributed by atoms with Crippen LogP contribution in [0.3, 0.4) is 0 Å². The van der Waals surface area contributed by atoms with Crippen molar-refractivity contribution in [2.24, 2.45) is 4.99 Å². The van der Waals surface area contributed by atoms with Gasteiger partial charge in [0, 0.05) is 33.8 Å². The van der Waals surface area contributed by atoms with Crippen LogP contribution in [0.1, 0.15) is 20.8 Å². The van der Waals surface area contributed by atoms with Crippen molar-refractivity contribution in [3.63, 3.8) is 0 Å². The van der Waals surface area contributed by atoms with E-state index in [-0.39, 0.29) is 5.60 Å². The van der Waals surface area contributed by atoms with E-state index >= 15 is 0 Å². The molecule has 0 aliphatic carbocycles. The highest BCUT2D eigenvalue weighted by atomic mass is 32.2. The lowest BCUT2D eigenvalue weighted by Gasteiger charge is -2.22. The van der Waals surface area contributed by atoms with E-state index in [4.69, 9.17) is 4.74 Å². The summed E-state index contributed by atoms with van der Waals surface area (Å²) in [5.41, 5.74) is -0.346. The van der Waals surface area contributed by atoms with E-state index in [1.807, 2.05) is 20.8 Å². The molecule has 1 aromatic heterocycles. The first-order valence-electron chi connectivity index (χ1n) is 7.80. The fourth-order valence-corrected chi connectivity index (χ4v) is 4.06. The normalized spacial score (nSPS) is 13.3. The number of nitrogens with zero attached hydrogens (tertiary/aromatic N) is 2. The number of aliphatic imine (C=N–C) groups is 1. The second-order valence-corrected chi connectivity index (χ2v) is 9.06. The molecule has 2 N–H and O–H groups in total. The first-order chi connectivity index (χ1) is 11.2. The number of hydrogen-bond acceptors (Lipinski definition) is 5. The van der Waals surface area contributed by atoms with Gasteiger partial charge >= 0.3 is 0 Å². The average Bonchev–Trinajstić information content (AvgIpc) is 3.07. The molecule has 9 heteroatoms. The Bertz CT molecular complexity index is 613. The third-order valence-electron chi connectivity index (χ3n) is 3.39. The van der Waals surface area contributed by atoms with Gasteiger partial charge in [-0.25, -0.2) is 8.42 Å². The Morgan fingerprint density at radius 2 is 2.12 bits per heavy atom. The zero-order valence-corrected chi connectivity index (χ0v) is 16.6. The van der Waals surface area contributed by atoms with Crippen molar-refractivity contribution in [1.29, 1.82) is 0 Å². The Morgan fingerprint density at radius 3 is 2.67 bits per heavy atom. The minimum absolute atomic E-state index is 0.346. The molecule has 0 radical (unpaired) electrons. The Kier molecular flexibility index (Phi) is 8.14. The van der Waals surface area contributed by atoms with E-state index in [9.17, 15) is 8.42 Å². The van der Waals surface area contributed by atoms with Crippen molar-refractivity contribution in [2.45, 2.75) is 30.6 Å². The van der Waals surface area contributed by atoms with Gasteiger partial charge in [-0.05, 0) is 32.2 Å². The largest absolute Gasteiger partial charge is 0.377 e. The van der Waals surface area contributed by atoms with Crippen LogP contribution in [0.5, 0.6) is 0 Å². The zero-order chi connectivity index (χ0) is 18.2. The summed E-state index contributed by atoms with van der Waals surface area (Å²) in [6, 6.07) is 3.35. The van der Waals surface area contributed by atoms with Crippen molar-refractivity contribution >= 4 is 27.3 Å². The molecule has 0 saturated carbocycles. The van der Waals surface area contributed by atoms with Crippen LogP contribution in [0.25, 0.3) is 0 Å². The molecule has 138 valence electrons. The first kappa shape index (κ1) is 20.9. The minimum Gasteiger partial charge on any atom is -0.377 e. The van der Waals surface area contributed by atoms with E-state index in [0.29, 0.717) is 29.8 Å². The number of nitrogens with one attached hydrogen (secondary N) is 2. The number of guanidine groups is 1. The zero-order valence-electron chi connectivity index (χ0n) is 15.0.